The van der Waals surface area contributed by atoms with Crippen LogP contribution in [-0.2, 0) is 0 Å². The second kappa shape index (κ2) is 6.45. The molecule has 1 atom stereocenters. The van der Waals surface area contributed by atoms with Gasteiger partial charge < -0.3 is 14.8 Å². The predicted octanol–water partition coefficient (Wildman–Crippen LogP) is 3.32. The summed E-state index contributed by atoms with van der Waals surface area (Å²) in [5, 5.41) is 2.59. The van der Waals surface area contributed by atoms with Gasteiger partial charge in [-0.25, -0.2) is 19.8 Å². The predicted molar refractivity (Wildman–Crippen MR) is 98.0 cm³/mol. The van der Waals surface area contributed by atoms with Crippen molar-refractivity contribution in [3.63, 3.8) is 0 Å². The van der Waals surface area contributed by atoms with E-state index in [2.05, 4.69) is 34.6 Å². The summed E-state index contributed by atoms with van der Waals surface area (Å²) >= 11 is 1.44. The summed E-state index contributed by atoms with van der Waals surface area (Å²) in [5.41, 5.74) is 0.869. The van der Waals surface area contributed by atoms with E-state index < -0.39 is 0 Å². The molecule has 3 aromatic heterocycles. The van der Waals surface area contributed by atoms with Gasteiger partial charge in [0, 0.05) is 32.5 Å². The summed E-state index contributed by atoms with van der Waals surface area (Å²) in [7, 11) is 2.05. The second-order valence-electron chi connectivity index (χ2n) is 5.53. The standard InChI is InChI=1S/C15H15N7S.CH4/c1-16-12-7-18-15(23-12)21(2)10-4-6-22(8-10)14-11-3-5-17-13(11)19-9-20-14;/h3,5,7,9-10H,4,6,8H2,2H3,(H,17,19,20);1H4/t10-;/m1./s1. The minimum absolute atomic E-state index is 0. The zero-order valence-corrected chi connectivity index (χ0v) is 13.4. The van der Waals surface area contributed by atoms with Gasteiger partial charge in [0.25, 0.3) is 5.00 Å². The van der Waals surface area contributed by atoms with Crippen molar-refractivity contribution in [2.45, 2.75) is 19.9 Å². The van der Waals surface area contributed by atoms with E-state index in [9.17, 15) is 0 Å². The van der Waals surface area contributed by atoms with Crippen LogP contribution in [0.25, 0.3) is 15.9 Å². The highest BCUT2D eigenvalue weighted by Crippen LogP contribution is 2.32. The third-order valence-electron chi connectivity index (χ3n) is 4.24. The molecule has 0 amide bonds. The first-order valence-corrected chi connectivity index (χ1v) is 8.17. The number of rotatable bonds is 3. The Morgan fingerprint density at radius 1 is 1.42 bits per heavy atom. The number of nitrogens with one attached hydrogen (secondary N) is 1. The molecule has 3 aromatic rings. The molecule has 0 radical (unpaired) electrons. The summed E-state index contributed by atoms with van der Waals surface area (Å²) in [5.74, 6) is 0.980. The normalized spacial score (nSPS) is 16.8. The number of likely N-dealkylation sites (N-methyl/N-ethyl adjacent to an activating group) is 1. The molecule has 0 bridgehead atoms. The van der Waals surface area contributed by atoms with Crippen molar-refractivity contribution in [3.8, 4) is 0 Å². The van der Waals surface area contributed by atoms with Crippen molar-refractivity contribution in [1.82, 2.24) is 19.9 Å². The van der Waals surface area contributed by atoms with E-state index in [1.54, 1.807) is 12.5 Å². The summed E-state index contributed by atoms with van der Waals surface area (Å²) < 4.78 is 0. The van der Waals surface area contributed by atoms with Crippen molar-refractivity contribution in [2.75, 3.05) is 29.9 Å². The quantitative estimate of drug-likeness (QED) is 0.740. The van der Waals surface area contributed by atoms with Crippen molar-refractivity contribution in [3.05, 3.63) is 36.2 Å². The van der Waals surface area contributed by atoms with Crippen LogP contribution in [-0.4, -0.2) is 46.1 Å². The fourth-order valence-electron chi connectivity index (χ4n) is 2.99. The first kappa shape index (κ1) is 16.2. The monoisotopic (exact) mass is 341 g/mol. The van der Waals surface area contributed by atoms with Crippen molar-refractivity contribution >= 4 is 38.3 Å². The molecular weight excluding hydrogens is 322 g/mol. The van der Waals surface area contributed by atoms with E-state index in [1.165, 1.54) is 11.3 Å². The average Bonchev–Trinajstić information content (AvgIpc) is 3.32. The fraction of sp³-hybridized carbons (Fsp3) is 0.375. The van der Waals surface area contributed by atoms with Crippen LogP contribution in [0, 0.1) is 6.57 Å². The van der Waals surface area contributed by atoms with Crippen molar-refractivity contribution in [1.29, 1.82) is 0 Å². The molecular formula is C16H19N7S. The molecule has 4 rings (SSSR count). The first-order valence-electron chi connectivity index (χ1n) is 7.35. The molecule has 0 saturated carbocycles. The van der Waals surface area contributed by atoms with E-state index in [-0.39, 0.29) is 7.43 Å². The van der Waals surface area contributed by atoms with Crippen LogP contribution in [0.5, 0.6) is 0 Å². The molecule has 1 aliphatic heterocycles. The number of aromatic nitrogens is 4. The number of hydrogen-bond donors (Lipinski definition) is 1. The number of H-pyrrole nitrogens is 1. The molecule has 124 valence electrons. The molecule has 8 heteroatoms. The Hall–Kier alpha value is -2.66. The minimum atomic E-state index is 0. The van der Waals surface area contributed by atoms with E-state index in [4.69, 9.17) is 6.57 Å². The van der Waals surface area contributed by atoms with Crippen LogP contribution >= 0.6 is 11.3 Å². The number of thiazole rings is 1. The van der Waals surface area contributed by atoms with Crippen LogP contribution in [0.4, 0.5) is 16.0 Å². The molecule has 0 aliphatic carbocycles. The van der Waals surface area contributed by atoms with Crippen LogP contribution < -0.4 is 9.80 Å². The largest absolute Gasteiger partial charge is 0.354 e. The molecule has 4 heterocycles. The highest BCUT2D eigenvalue weighted by molar-refractivity contribution is 7.19. The number of anilines is 2. The van der Waals surface area contributed by atoms with Gasteiger partial charge in [-0.2, -0.15) is 0 Å². The lowest BCUT2D eigenvalue weighted by Crippen LogP contribution is -2.34. The summed E-state index contributed by atoms with van der Waals surface area (Å²) in [6.07, 6.45) is 6.18. The maximum atomic E-state index is 7.06. The van der Waals surface area contributed by atoms with Gasteiger partial charge in [0.05, 0.1) is 18.0 Å². The summed E-state index contributed by atoms with van der Waals surface area (Å²) in [6.45, 7) is 8.91. The van der Waals surface area contributed by atoms with Crippen molar-refractivity contribution in [2.24, 2.45) is 0 Å². The van der Waals surface area contributed by atoms with Crippen molar-refractivity contribution < 1.29 is 0 Å². The zero-order chi connectivity index (χ0) is 15.8. The van der Waals surface area contributed by atoms with Gasteiger partial charge in [-0.15, -0.1) is 11.3 Å². The molecule has 0 aromatic carbocycles. The summed E-state index contributed by atoms with van der Waals surface area (Å²) in [6, 6.07) is 2.38. The maximum Gasteiger partial charge on any atom is 0.262 e. The maximum absolute atomic E-state index is 7.06. The van der Waals surface area contributed by atoms with Gasteiger partial charge in [0.2, 0.25) is 0 Å². The molecule has 7 nitrogen and oxygen atoms in total. The Kier molecular flexibility index (Phi) is 4.36. The fourth-order valence-corrected chi connectivity index (χ4v) is 3.73. The highest BCUT2D eigenvalue weighted by Gasteiger charge is 2.29. The number of aromatic amines is 1. The summed E-state index contributed by atoms with van der Waals surface area (Å²) in [4.78, 5) is 24.1. The zero-order valence-electron chi connectivity index (χ0n) is 12.6. The Bertz CT molecular complexity index is 878. The first-order chi connectivity index (χ1) is 11.3. The third-order valence-corrected chi connectivity index (χ3v) is 5.22. The van der Waals surface area contributed by atoms with Crippen LogP contribution in [0.3, 0.4) is 0 Å². The number of fused-ring (bicyclic) bond motifs is 1. The van der Waals surface area contributed by atoms with Gasteiger partial charge in [-0.1, -0.05) is 7.43 Å². The lowest BCUT2D eigenvalue weighted by Gasteiger charge is -2.24. The van der Waals surface area contributed by atoms with Gasteiger partial charge in [0.1, 0.15) is 17.8 Å². The minimum Gasteiger partial charge on any atom is -0.354 e. The van der Waals surface area contributed by atoms with E-state index in [0.717, 1.165) is 41.5 Å². The van der Waals surface area contributed by atoms with Crippen LogP contribution in [0.1, 0.15) is 13.8 Å². The van der Waals surface area contributed by atoms with Gasteiger partial charge in [-0.3, -0.25) is 0 Å². The topological polar surface area (TPSA) is 65.3 Å². The third kappa shape index (κ3) is 2.67. The molecule has 1 N–H and O–H groups in total. The molecule has 0 unspecified atom stereocenters. The molecule has 1 aliphatic rings. The molecule has 1 saturated heterocycles. The molecule has 1 fully saturated rings. The second-order valence-corrected chi connectivity index (χ2v) is 6.52. The average molecular weight is 341 g/mol. The lowest BCUT2D eigenvalue weighted by molar-refractivity contribution is 0.690. The Morgan fingerprint density at radius 3 is 3.08 bits per heavy atom. The van der Waals surface area contributed by atoms with Gasteiger partial charge in [0.15, 0.2) is 5.13 Å². The molecule has 24 heavy (non-hydrogen) atoms. The van der Waals surface area contributed by atoms with Crippen LogP contribution in [0.2, 0.25) is 0 Å². The Labute approximate surface area is 144 Å². The van der Waals surface area contributed by atoms with E-state index >= 15 is 0 Å². The Morgan fingerprint density at radius 2 is 2.29 bits per heavy atom. The van der Waals surface area contributed by atoms with E-state index in [1.807, 2.05) is 19.3 Å². The molecule has 0 spiro atoms. The van der Waals surface area contributed by atoms with Gasteiger partial charge >= 0.3 is 0 Å². The van der Waals surface area contributed by atoms with Crippen LogP contribution in [0.15, 0.2) is 24.8 Å². The smallest absolute Gasteiger partial charge is 0.262 e. The van der Waals surface area contributed by atoms with Gasteiger partial charge in [-0.05, 0) is 12.5 Å². The number of hydrogen-bond acceptors (Lipinski definition) is 6. The van der Waals surface area contributed by atoms with E-state index in [0.29, 0.717) is 11.0 Å². The SMILES string of the molecule is C.[C-]#[N+]c1cnc(N(C)[C@@H]2CCN(c3ncnc4[nH]ccc34)C2)s1. The highest BCUT2D eigenvalue weighted by atomic mass is 32.1. The number of nitrogens with zero attached hydrogens (tertiary/aromatic N) is 6. The Balaban J connectivity index is 0.00000169. The lowest BCUT2D eigenvalue weighted by atomic mass is 10.2.